The van der Waals surface area contributed by atoms with Crippen LogP contribution in [0.2, 0.25) is 5.15 Å². The quantitative estimate of drug-likeness (QED) is 0.784. The summed E-state index contributed by atoms with van der Waals surface area (Å²) in [5, 5.41) is 0.344. The Morgan fingerprint density at radius 2 is 2.12 bits per heavy atom. The number of aromatic nitrogens is 2. The van der Waals surface area contributed by atoms with Crippen LogP contribution in [0, 0.1) is 0 Å². The largest absolute Gasteiger partial charge is 0.477 e. The fourth-order valence-electron chi connectivity index (χ4n) is 0.930. The van der Waals surface area contributed by atoms with Gasteiger partial charge in [-0.2, -0.15) is 0 Å². The molecule has 6 heteroatoms. The van der Waals surface area contributed by atoms with Gasteiger partial charge in [0.25, 0.3) is 0 Å². The lowest BCUT2D eigenvalue weighted by Crippen LogP contribution is -2.25. The zero-order valence-electron chi connectivity index (χ0n) is 9.46. The summed E-state index contributed by atoms with van der Waals surface area (Å²) in [5.74, 6) is 0.451. The number of ether oxygens (including phenoxy) is 2. The minimum atomic E-state index is -0.205. The maximum absolute atomic E-state index is 5.81. The van der Waals surface area contributed by atoms with E-state index in [4.69, 9.17) is 21.1 Å². The van der Waals surface area contributed by atoms with E-state index in [1.165, 1.54) is 6.33 Å². The zero-order valence-corrected chi connectivity index (χ0v) is 11.8. The van der Waals surface area contributed by atoms with Gasteiger partial charge in [0.1, 0.15) is 10.8 Å². The third kappa shape index (κ3) is 3.88. The van der Waals surface area contributed by atoms with Gasteiger partial charge in [0.05, 0.1) is 12.2 Å². The van der Waals surface area contributed by atoms with E-state index >= 15 is 0 Å². The lowest BCUT2D eigenvalue weighted by molar-refractivity contribution is 0.00501. The molecule has 0 aliphatic carbocycles. The molecule has 0 atom stereocenters. The summed E-state index contributed by atoms with van der Waals surface area (Å²) in [6.45, 7) is 4.50. The molecule has 0 aliphatic rings. The molecule has 0 saturated heterocycles. The molecule has 0 saturated carbocycles. The maximum atomic E-state index is 5.81. The fraction of sp³-hybridized carbons (Fsp3) is 0.600. The molecular weight excluding hydrogens is 295 g/mol. The molecule has 16 heavy (non-hydrogen) atoms. The molecule has 90 valence electrons. The van der Waals surface area contributed by atoms with Crippen molar-refractivity contribution in [2.24, 2.45) is 0 Å². The Morgan fingerprint density at radius 3 is 2.75 bits per heavy atom. The number of hydrogen-bond acceptors (Lipinski definition) is 4. The van der Waals surface area contributed by atoms with Crippen LogP contribution in [0.1, 0.15) is 20.3 Å². The molecule has 0 N–H and O–H groups in total. The molecule has 1 aromatic heterocycles. The van der Waals surface area contributed by atoms with Crippen molar-refractivity contribution in [2.45, 2.75) is 25.9 Å². The highest BCUT2D eigenvalue weighted by Crippen LogP contribution is 2.28. The summed E-state index contributed by atoms with van der Waals surface area (Å²) in [6, 6.07) is 0. The van der Waals surface area contributed by atoms with Gasteiger partial charge in [-0.05, 0) is 29.8 Å². The number of rotatable bonds is 5. The van der Waals surface area contributed by atoms with Gasteiger partial charge in [-0.25, -0.2) is 9.97 Å². The zero-order chi connectivity index (χ0) is 12.2. The highest BCUT2D eigenvalue weighted by molar-refractivity contribution is 9.10. The Morgan fingerprint density at radius 1 is 1.44 bits per heavy atom. The molecular formula is C10H14BrClN2O2. The summed E-state index contributed by atoms with van der Waals surface area (Å²) in [4.78, 5) is 7.79. The van der Waals surface area contributed by atoms with E-state index in [1.807, 2.05) is 13.8 Å². The van der Waals surface area contributed by atoms with Crippen molar-refractivity contribution in [1.29, 1.82) is 0 Å². The number of methoxy groups -OCH3 is 1. The smallest absolute Gasteiger partial charge is 0.232 e. The number of hydrogen-bond donors (Lipinski definition) is 0. The minimum Gasteiger partial charge on any atom is -0.477 e. The van der Waals surface area contributed by atoms with Crippen molar-refractivity contribution >= 4 is 27.5 Å². The van der Waals surface area contributed by atoms with E-state index in [0.717, 1.165) is 6.42 Å². The Labute approximate surface area is 108 Å². The maximum Gasteiger partial charge on any atom is 0.232 e. The van der Waals surface area contributed by atoms with Gasteiger partial charge >= 0.3 is 0 Å². The Balaban J connectivity index is 2.53. The highest BCUT2D eigenvalue weighted by Gasteiger charge is 2.17. The van der Waals surface area contributed by atoms with Gasteiger partial charge in [0.15, 0.2) is 5.15 Å². The lowest BCUT2D eigenvalue weighted by Gasteiger charge is -2.22. The van der Waals surface area contributed by atoms with Gasteiger partial charge in [-0.15, -0.1) is 0 Å². The van der Waals surface area contributed by atoms with E-state index in [9.17, 15) is 0 Å². The van der Waals surface area contributed by atoms with E-state index in [2.05, 4.69) is 25.9 Å². The first kappa shape index (κ1) is 13.7. The van der Waals surface area contributed by atoms with Crippen molar-refractivity contribution in [3.63, 3.8) is 0 Å². The summed E-state index contributed by atoms with van der Waals surface area (Å²) < 4.78 is 11.3. The van der Waals surface area contributed by atoms with Crippen molar-refractivity contribution in [1.82, 2.24) is 9.97 Å². The summed E-state index contributed by atoms with van der Waals surface area (Å²) in [6.07, 6.45) is 2.13. The van der Waals surface area contributed by atoms with Crippen LogP contribution in [0.4, 0.5) is 0 Å². The second-order valence-electron chi connectivity index (χ2n) is 3.85. The Bertz CT molecular complexity index is 361. The van der Waals surface area contributed by atoms with Crippen LogP contribution in [0.3, 0.4) is 0 Å². The molecule has 1 heterocycles. The van der Waals surface area contributed by atoms with Gasteiger partial charge in [0, 0.05) is 13.5 Å². The van der Waals surface area contributed by atoms with E-state index in [0.29, 0.717) is 22.1 Å². The number of halogens is 2. The van der Waals surface area contributed by atoms with Crippen molar-refractivity contribution in [2.75, 3.05) is 13.7 Å². The van der Waals surface area contributed by atoms with E-state index in [-0.39, 0.29) is 5.60 Å². The van der Waals surface area contributed by atoms with Crippen LogP contribution in [0.25, 0.3) is 0 Å². The third-order valence-corrected chi connectivity index (χ3v) is 3.44. The van der Waals surface area contributed by atoms with E-state index in [1.54, 1.807) is 7.11 Å². The van der Waals surface area contributed by atoms with Gasteiger partial charge in [-0.1, -0.05) is 11.6 Å². The third-order valence-electron chi connectivity index (χ3n) is 2.21. The van der Waals surface area contributed by atoms with Crippen LogP contribution in [0.15, 0.2) is 10.8 Å². The second-order valence-corrected chi connectivity index (χ2v) is 5.00. The van der Waals surface area contributed by atoms with Crippen molar-refractivity contribution in [3.8, 4) is 5.88 Å². The van der Waals surface area contributed by atoms with Crippen LogP contribution >= 0.6 is 27.5 Å². The fourth-order valence-corrected chi connectivity index (χ4v) is 1.37. The standard InChI is InChI=1S/C10H14BrClN2O2/c1-10(2,15-3)4-5-16-9-7(11)8(12)13-6-14-9/h6H,4-5H2,1-3H3. The topological polar surface area (TPSA) is 44.2 Å². The predicted molar refractivity (Wildman–Crippen MR) is 65.9 cm³/mol. The minimum absolute atomic E-state index is 0.205. The average molecular weight is 310 g/mol. The Hall–Kier alpha value is -0.390. The van der Waals surface area contributed by atoms with Crippen LogP contribution < -0.4 is 4.74 Å². The van der Waals surface area contributed by atoms with Crippen LogP contribution in [-0.4, -0.2) is 29.3 Å². The van der Waals surface area contributed by atoms with Gasteiger partial charge < -0.3 is 9.47 Å². The molecule has 0 bridgehead atoms. The predicted octanol–water partition coefficient (Wildman–Crippen LogP) is 3.09. The molecule has 0 amide bonds. The molecule has 0 aromatic carbocycles. The molecule has 1 aromatic rings. The molecule has 4 nitrogen and oxygen atoms in total. The molecule has 0 spiro atoms. The van der Waals surface area contributed by atoms with Crippen LogP contribution in [0.5, 0.6) is 5.88 Å². The first-order chi connectivity index (χ1) is 7.46. The second kappa shape index (κ2) is 5.80. The molecule has 0 fully saturated rings. The van der Waals surface area contributed by atoms with Crippen LogP contribution in [-0.2, 0) is 4.74 Å². The van der Waals surface area contributed by atoms with Gasteiger partial charge in [0.2, 0.25) is 5.88 Å². The van der Waals surface area contributed by atoms with Gasteiger partial charge in [-0.3, -0.25) is 0 Å². The molecule has 0 unspecified atom stereocenters. The monoisotopic (exact) mass is 308 g/mol. The first-order valence-corrected chi connectivity index (χ1v) is 5.97. The highest BCUT2D eigenvalue weighted by atomic mass is 79.9. The first-order valence-electron chi connectivity index (χ1n) is 4.80. The molecule has 0 aliphatic heterocycles. The lowest BCUT2D eigenvalue weighted by atomic mass is 10.1. The summed E-state index contributed by atoms with van der Waals surface area (Å²) >= 11 is 9.07. The normalized spacial score (nSPS) is 11.6. The van der Waals surface area contributed by atoms with Crippen molar-refractivity contribution in [3.05, 3.63) is 16.0 Å². The number of nitrogens with zero attached hydrogens (tertiary/aromatic N) is 2. The summed E-state index contributed by atoms with van der Waals surface area (Å²) in [7, 11) is 1.68. The summed E-state index contributed by atoms with van der Waals surface area (Å²) in [5.41, 5.74) is -0.205. The SMILES string of the molecule is COC(C)(C)CCOc1ncnc(Cl)c1Br. The van der Waals surface area contributed by atoms with Crippen molar-refractivity contribution < 1.29 is 9.47 Å². The Kier molecular flexibility index (Phi) is 4.95. The molecule has 1 rings (SSSR count). The molecule has 0 radical (unpaired) electrons. The van der Waals surface area contributed by atoms with E-state index < -0.39 is 0 Å². The average Bonchev–Trinajstić information content (AvgIpc) is 2.24.